The summed E-state index contributed by atoms with van der Waals surface area (Å²) in [6.07, 6.45) is -4.69. The lowest BCUT2D eigenvalue weighted by Gasteiger charge is -2.01. The van der Waals surface area contributed by atoms with Gasteiger partial charge in [-0.15, -0.1) is 0 Å². The summed E-state index contributed by atoms with van der Waals surface area (Å²) >= 11 is 0. The third-order valence-corrected chi connectivity index (χ3v) is 1.87. The lowest BCUT2D eigenvalue weighted by atomic mass is 10.0. The van der Waals surface area contributed by atoms with Crippen molar-refractivity contribution >= 4 is 0 Å². The monoisotopic (exact) mass is 218 g/mol. The first-order chi connectivity index (χ1) is 6.87. The molecule has 0 aliphatic heterocycles. The molecule has 0 atom stereocenters. The van der Waals surface area contributed by atoms with E-state index in [1.807, 2.05) is 6.07 Å². The molecule has 1 aromatic carbocycles. The first-order valence-corrected chi connectivity index (χ1v) is 4.98. The van der Waals surface area contributed by atoms with Crippen molar-refractivity contribution in [2.24, 2.45) is 0 Å². The lowest BCUT2D eigenvalue weighted by molar-refractivity contribution is -0.130. The molecule has 0 saturated heterocycles. The third-order valence-electron chi connectivity index (χ3n) is 1.87. The summed E-state index contributed by atoms with van der Waals surface area (Å²) in [6, 6.07) is 10.5. The number of hydrogen-bond acceptors (Lipinski definition) is 0. The highest BCUT2D eigenvalue weighted by atomic mass is 19.4. The van der Waals surface area contributed by atoms with E-state index in [1.165, 1.54) is 5.56 Å². The van der Waals surface area contributed by atoms with Gasteiger partial charge in [-0.05, 0) is 11.5 Å². The molecular weight excluding hydrogens is 201 g/mol. The van der Waals surface area contributed by atoms with Gasteiger partial charge in [0.15, 0.2) is 0 Å². The smallest absolute Gasteiger partial charge is 0.171 e. The predicted octanol–water partition coefficient (Wildman–Crippen LogP) is 4.77. The fraction of sp³-hybridized carbons (Fsp3) is 0.500. The Labute approximate surface area is 89.1 Å². The quantitative estimate of drug-likeness (QED) is 0.637. The molecule has 0 aliphatic rings. The summed E-state index contributed by atoms with van der Waals surface area (Å²) in [6.45, 7) is 5.49. The highest BCUT2D eigenvalue weighted by Crippen LogP contribution is 2.17. The van der Waals surface area contributed by atoms with E-state index in [2.05, 4.69) is 38.1 Å². The second-order valence-corrected chi connectivity index (χ2v) is 3.53. The molecular formula is C12H17F3. The van der Waals surface area contributed by atoms with Crippen LogP contribution in [0.15, 0.2) is 30.3 Å². The maximum Gasteiger partial charge on any atom is 0.388 e. The van der Waals surface area contributed by atoms with Gasteiger partial charge < -0.3 is 0 Å². The van der Waals surface area contributed by atoms with Crippen LogP contribution >= 0.6 is 0 Å². The van der Waals surface area contributed by atoms with Gasteiger partial charge in [0.2, 0.25) is 0 Å². The maximum absolute atomic E-state index is 10.8. The van der Waals surface area contributed by atoms with Crippen molar-refractivity contribution in [3.05, 3.63) is 35.9 Å². The van der Waals surface area contributed by atoms with E-state index in [4.69, 9.17) is 0 Å². The van der Waals surface area contributed by atoms with Gasteiger partial charge in [-0.1, -0.05) is 51.1 Å². The Bertz CT molecular complexity index is 249. The van der Waals surface area contributed by atoms with Crippen molar-refractivity contribution in [3.63, 3.8) is 0 Å². The van der Waals surface area contributed by atoms with Crippen molar-refractivity contribution in [1.29, 1.82) is 0 Å². The first kappa shape index (κ1) is 14.0. The molecule has 0 heterocycles. The van der Waals surface area contributed by atoms with E-state index in [1.54, 1.807) is 0 Å². The second kappa shape index (κ2) is 6.49. The normalized spacial score (nSPS) is 10.9. The molecule has 0 radical (unpaired) electrons. The van der Waals surface area contributed by atoms with E-state index < -0.39 is 12.6 Å². The van der Waals surface area contributed by atoms with Gasteiger partial charge in [-0.3, -0.25) is 0 Å². The molecule has 1 aromatic rings. The van der Waals surface area contributed by atoms with Crippen LogP contribution in [0.25, 0.3) is 0 Å². The lowest BCUT2D eigenvalue weighted by Crippen LogP contribution is -2.02. The van der Waals surface area contributed by atoms with Crippen LogP contribution in [0.4, 0.5) is 13.2 Å². The summed E-state index contributed by atoms with van der Waals surface area (Å²) in [7, 11) is 0. The fourth-order valence-electron chi connectivity index (χ4n) is 0.838. The van der Waals surface area contributed by atoms with Crippen molar-refractivity contribution in [3.8, 4) is 0 Å². The predicted molar refractivity (Wildman–Crippen MR) is 56.9 cm³/mol. The van der Waals surface area contributed by atoms with E-state index in [-0.39, 0.29) is 0 Å². The maximum atomic E-state index is 10.8. The van der Waals surface area contributed by atoms with E-state index >= 15 is 0 Å². The minimum atomic E-state index is -3.96. The number of hydrogen-bond donors (Lipinski definition) is 0. The van der Waals surface area contributed by atoms with Crippen LogP contribution in [0.2, 0.25) is 0 Å². The zero-order valence-electron chi connectivity index (χ0n) is 9.31. The van der Waals surface area contributed by atoms with Crippen LogP contribution in [0, 0.1) is 0 Å². The van der Waals surface area contributed by atoms with E-state index in [9.17, 15) is 13.2 Å². The van der Waals surface area contributed by atoms with Crippen molar-refractivity contribution < 1.29 is 13.2 Å². The zero-order chi connectivity index (χ0) is 11.9. The molecule has 1 rings (SSSR count). The summed E-state index contributed by atoms with van der Waals surface area (Å²) in [5.74, 6) is 0.659. The van der Waals surface area contributed by atoms with Crippen LogP contribution in [0.3, 0.4) is 0 Å². The highest BCUT2D eigenvalue weighted by Gasteiger charge is 2.22. The summed E-state index contributed by atoms with van der Waals surface area (Å²) in [5.41, 5.74) is 1.41. The Hall–Kier alpha value is -0.990. The van der Waals surface area contributed by atoms with Crippen LogP contribution < -0.4 is 0 Å². The molecule has 0 aromatic heterocycles. The molecule has 15 heavy (non-hydrogen) atoms. The molecule has 0 fully saturated rings. The van der Waals surface area contributed by atoms with Gasteiger partial charge in [0.1, 0.15) is 0 Å². The van der Waals surface area contributed by atoms with Gasteiger partial charge in [-0.25, -0.2) is 0 Å². The minimum Gasteiger partial charge on any atom is -0.171 e. The van der Waals surface area contributed by atoms with Crippen LogP contribution in [0.1, 0.15) is 38.7 Å². The van der Waals surface area contributed by atoms with Gasteiger partial charge in [0.05, 0.1) is 0 Å². The molecule has 86 valence electrons. The van der Waals surface area contributed by atoms with Crippen molar-refractivity contribution in [2.45, 2.75) is 39.3 Å². The van der Waals surface area contributed by atoms with Gasteiger partial charge >= 0.3 is 6.18 Å². The fourth-order valence-corrected chi connectivity index (χ4v) is 0.838. The van der Waals surface area contributed by atoms with E-state index in [0.29, 0.717) is 5.92 Å². The molecule has 0 N–H and O–H groups in total. The molecule has 0 spiro atoms. The zero-order valence-corrected chi connectivity index (χ0v) is 9.31. The Kier molecular flexibility index (Phi) is 6.06. The Morgan fingerprint density at radius 3 is 1.67 bits per heavy atom. The van der Waals surface area contributed by atoms with Gasteiger partial charge in [0.25, 0.3) is 0 Å². The highest BCUT2D eigenvalue weighted by molar-refractivity contribution is 5.17. The molecule has 0 amide bonds. The summed E-state index contributed by atoms with van der Waals surface area (Å²) in [5, 5.41) is 0. The summed E-state index contributed by atoms with van der Waals surface area (Å²) < 4.78 is 32.4. The SMILES string of the molecule is CC(C)c1ccccc1.CCC(F)(F)F. The average molecular weight is 218 g/mol. The standard InChI is InChI=1S/C9H12.C3H5F3/c1-8(2)9-6-4-3-5-7-9;1-2-3(4,5)6/h3-8H,1-2H3;2H2,1H3. The Morgan fingerprint density at radius 1 is 1.07 bits per heavy atom. The average Bonchev–Trinajstić information content (AvgIpc) is 2.19. The second-order valence-electron chi connectivity index (χ2n) is 3.53. The largest absolute Gasteiger partial charge is 0.388 e. The molecule has 0 bridgehead atoms. The Morgan fingerprint density at radius 2 is 1.47 bits per heavy atom. The molecule has 3 heteroatoms. The molecule has 0 aliphatic carbocycles. The van der Waals surface area contributed by atoms with Crippen LogP contribution in [-0.4, -0.2) is 6.18 Å². The van der Waals surface area contributed by atoms with E-state index in [0.717, 1.165) is 6.92 Å². The minimum absolute atomic E-state index is 0.659. The first-order valence-electron chi connectivity index (χ1n) is 4.98. The van der Waals surface area contributed by atoms with Crippen LogP contribution in [0.5, 0.6) is 0 Å². The van der Waals surface area contributed by atoms with Gasteiger partial charge in [0, 0.05) is 6.42 Å². The molecule has 0 unspecified atom stereocenters. The Balaban J connectivity index is 0.000000288. The molecule has 0 nitrogen and oxygen atoms in total. The summed E-state index contributed by atoms with van der Waals surface area (Å²) in [4.78, 5) is 0. The number of alkyl halides is 3. The molecule has 0 saturated carbocycles. The topological polar surface area (TPSA) is 0 Å². The van der Waals surface area contributed by atoms with Crippen molar-refractivity contribution in [2.75, 3.05) is 0 Å². The number of benzene rings is 1. The third kappa shape index (κ3) is 8.03. The van der Waals surface area contributed by atoms with Crippen molar-refractivity contribution in [1.82, 2.24) is 0 Å². The number of rotatable bonds is 1. The van der Waals surface area contributed by atoms with Crippen LogP contribution in [-0.2, 0) is 0 Å². The van der Waals surface area contributed by atoms with Gasteiger partial charge in [-0.2, -0.15) is 13.2 Å². The number of halogens is 3.